The van der Waals surface area contributed by atoms with E-state index in [1.165, 1.54) is 6.92 Å². The van der Waals surface area contributed by atoms with Crippen molar-refractivity contribution < 1.29 is 9.59 Å². The second-order valence-electron chi connectivity index (χ2n) is 3.54. The van der Waals surface area contributed by atoms with Crippen molar-refractivity contribution in [1.82, 2.24) is 5.32 Å². The molecule has 0 bridgehead atoms. The maximum Gasteiger partial charge on any atom is 0.220 e. The van der Waals surface area contributed by atoms with E-state index in [-0.39, 0.29) is 17.7 Å². The first-order valence-electron chi connectivity index (χ1n) is 5.21. The van der Waals surface area contributed by atoms with Gasteiger partial charge in [0.15, 0.2) is 0 Å². The lowest BCUT2D eigenvalue weighted by molar-refractivity contribution is -0.121. The fraction of sp³-hybridized carbons (Fsp3) is 0.800. The van der Waals surface area contributed by atoms with Crippen LogP contribution in [0.5, 0.6) is 0 Å². The molecular weight excluding hydrogens is 212 g/mol. The summed E-state index contributed by atoms with van der Waals surface area (Å²) in [5.74, 6) is 0.621. The van der Waals surface area contributed by atoms with Crippen molar-refractivity contribution in [2.45, 2.75) is 38.6 Å². The van der Waals surface area contributed by atoms with Gasteiger partial charge in [-0.05, 0) is 31.9 Å². The van der Waals surface area contributed by atoms with Gasteiger partial charge in [-0.2, -0.15) is 12.6 Å². The molecule has 88 valence electrons. The van der Waals surface area contributed by atoms with Crippen LogP contribution in [-0.2, 0) is 9.59 Å². The molecule has 0 fully saturated rings. The van der Waals surface area contributed by atoms with Crippen LogP contribution in [0.15, 0.2) is 0 Å². The molecule has 0 aliphatic carbocycles. The van der Waals surface area contributed by atoms with Crippen molar-refractivity contribution in [3.63, 3.8) is 0 Å². The second-order valence-corrected chi connectivity index (χ2v) is 3.98. The molecule has 15 heavy (non-hydrogen) atoms. The van der Waals surface area contributed by atoms with E-state index in [0.717, 1.165) is 12.8 Å². The number of unbranched alkanes of at least 4 members (excludes halogenated alkanes) is 1. The van der Waals surface area contributed by atoms with Gasteiger partial charge in [0.25, 0.3) is 0 Å². The van der Waals surface area contributed by atoms with Crippen LogP contribution in [0.25, 0.3) is 0 Å². The molecule has 0 aliphatic rings. The summed E-state index contributed by atoms with van der Waals surface area (Å²) in [6.45, 7) is 2.15. The molecule has 0 heterocycles. The van der Waals surface area contributed by atoms with Gasteiger partial charge in [-0.15, -0.1) is 0 Å². The predicted molar refractivity (Wildman–Crippen MR) is 64.0 cm³/mol. The van der Waals surface area contributed by atoms with Gasteiger partial charge in [0, 0.05) is 13.0 Å². The third-order valence-corrected chi connectivity index (χ3v) is 2.35. The summed E-state index contributed by atoms with van der Waals surface area (Å²) in [6, 6.07) is -0.349. The summed E-state index contributed by atoms with van der Waals surface area (Å²) in [5, 5.41) is 2.77. The number of hydrogen-bond donors (Lipinski definition) is 3. The maximum atomic E-state index is 11.0. The third kappa shape index (κ3) is 8.44. The quantitative estimate of drug-likeness (QED) is 0.422. The molecule has 0 saturated heterocycles. The normalized spacial score (nSPS) is 12.2. The molecule has 1 unspecified atom stereocenters. The van der Waals surface area contributed by atoms with Crippen LogP contribution in [0.1, 0.15) is 32.6 Å². The van der Waals surface area contributed by atoms with Crippen LogP contribution < -0.4 is 11.1 Å². The molecule has 4 nitrogen and oxygen atoms in total. The summed E-state index contributed by atoms with van der Waals surface area (Å²) >= 11 is 3.96. The van der Waals surface area contributed by atoms with E-state index in [9.17, 15) is 9.59 Å². The van der Waals surface area contributed by atoms with Gasteiger partial charge in [0.2, 0.25) is 5.91 Å². The molecule has 0 aromatic carbocycles. The van der Waals surface area contributed by atoms with Crippen molar-refractivity contribution in [3.8, 4) is 0 Å². The van der Waals surface area contributed by atoms with Gasteiger partial charge < -0.3 is 11.1 Å². The number of ketones is 1. The minimum absolute atomic E-state index is 0.0223. The Hall–Kier alpha value is -0.550. The molecule has 0 aliphatic heterocycles. The summed E-state index contributed by atoms with van der Waals surface area (Å²) in [5.41, 5.74) is 5.56. The minimum atomic E-state index is -0.349. The van der Waals surface area contributed by atoms with E-state index >= 15 is 0 Å². The average Bonchev–Trinajstić information content (AvgIpc) is 2.17. The lowest BCUT2D eigenvalue weighted by Gasteiger charge is -2.07. The van der Waals surface area contributed by atoms with Crippen molar-refractivity contribution in [2.75, 3.05) is 12.3 Å². The van der Waals surface area contributed by atoms with Gasteiger partial charge in [0.05, 0.1) is 6.04 Å². The van der Waals surface area contributed by atoms with Crippen LogP contribution in [-0.4, -0.2) is 30.0 Å². The van der Waals surface area contributed by atoms with Gasteiger partial charge >= 0.3 is 0 Å². The number of Topliss-reactive ketones (excluding diaryl/α,β-unsaturated/α-hetero) is 1. The number of hydrogen-bond acceptors (Lipinski definition) is 4. The second kappa shape index (κ2) is 8.73. The van der Waals surface area contributed by atoms with Gasteiger partial charge in [-0.25, -0.2) is 0 Å². The van der Waals surface area contributed by atoms with E-state index in [2.05, 4.69) is 17.9 Å². The van der Waals surface area contributed by atoms with Gasteiger partial charge in [-0.3, -0.25) is 9.59 Å². The van der Waals surface area contributed by atoms with Gasteiger partial charge in [0.1, 0.15) is 5.78 Å². The molecule has 0 radical (unpaired) electrons. The van der Waals surface area contributed by atoms with Crippen molar-refractivity contribution in [3.05, 3.63) is 0 Å². The fourth-order valence-corrected chi connectivity index (χ4v) is 1.31. The number of amides is 1. The molecule has 0 rings (SSSR count). The molecule has 0 aromatic heterocycles. The molecular formula is C10H20N2O2S. The Bertz CT molecular complexity index is 210. The summed E-state index contributed by atoms with van der Waals surface area (Å²) < 4.78 is 0. The number of thiol groups is 1. The first-order valence-corrected chi connectivity index (χ1v) is 5.84. The van der Waals surface area contributed by atoms with Crippen LogP contribution >= 0.6 is 12.6 Å². The zero-order chi connectivity index (χ0) is 11.7. The minimum Gasteiger partial charge on any atom is -0.356 e. The first kappa shape index (κ1) is 14.5. The summed E-state index contributed by atoms with van der Waals surface area (Å²) in [6.07, 6.45) is 2.87. The Kier molecular flexibility index (Phi) is 8.41. The SMILES string of the molecule is CC(=O)C(N)CCCCNC(=O)CCS. The van der Waals surface area contributed by atoms with Crippen LogP contribution in [0.2, 0.25) is 0 Å². The van der Waals surface area contributed by atoms with Gasteiger partial charge in [-0.1, -0.05) is 0 Å². The van der Waals surface area contributed by atoms with E-state index in [1.807, 2.05) is 0 Å². The Morgan fingerprint density at radius 3 is 2.60 bits per heavy atom. The van der Waals surface area contributed by atoms with Crippen molar-refractivity contribution >= 4 is 24.3 Å². The number of nitrogens with one attached hydrogen (secondary N) is 1. The Morgan fingerprint density at radius 1 is 1.40 bits per heavy atom. The average molecular weight is 232 g/mol. The Morgan fingerprint density at radius 2 is 2.07 bits per heavy atom. The molecule has 1 amide bonds. The molecule has 1 atom stereocenters. The number of carbonyl (C=O) groups excluding carboxylic acids is 2. The topological polar surface area (TPSA) is 72.2 Å². The Balaban J connectivity index is 3.32. The Labute approximate surface area is 96.4 Å². The lowest BCUT2D eigenvalue weighted by atomic mass is 10.1. The zero-order valence-corrected chi connectivity index (χ0v) is 10.1. The molecule has 0 spiro atoms. The first-order chi connectivity index (χ1) is 7.07. The standard InChI is InChI=1S/C10H20N2O2S/c1-8(13)9(11)4-2-3-6-12-10(14)5-7-15/h9,15H,2-7,11H2,1H3,(H,12,14). The van der Waals surface area contributed by atoms with E-state index in [4.69, 9.17) is 5.73 Å². The van der Waals surface area contributed by atoms with E-state index < -0.39 is 0 Å². The highest BCUT2D eigenvalue weighted by molar-refractivity contribution is 7.80. The molecule has 0 saturated carbocycles. The summed E-state index contributed by atoms with van der Waals surface area (Å²) in [4.78, 5) is 21.8. The largest absolute Gasteiger partial charge is 0.356 e. The van der Waals surface area contributed by atoms with Crippen LogP contribution in [0.3, 0.4) is 0 Å². The molecule has 3 N–H and O–H groups in total. The molecule has 0 aromatic rings. The van der Waals surface area contributed by atoms with E-state index in [1.54, 1.807) is 0 Å². The number of rotatable bonds is 8. The maximum absolute atomic E-state index is 11.0. The monoisotopic (exact) mass is 232 g/mol. The number of nitrogens with two attached hydrogens (primary N) is 1. The third-order valence-electron chi connectivity index (χ3n) is 2.13. The van der Waals surface area contributed by atoms with Crippen molar-refractivity contribution in [2.24, 2.45) is 5.73 Å². The van der Waals surface area contributed by atoms with Crippen LogP contribution in [0, 0.1) is 0 Å². The van der Waals surface area contributed by atoms with E-state index in [0.29, 0.717) is 25.1 Å². The highest BCUT2D eigenvalue weighted by Gasteiger charge is 2.06. The highest BCUT2D eigenvalue weighted by Crippen LogP contribution is 1.99. The summed E-state index contributed by atoms with van der Waals surface area (Å²) in [7, 11) is 0. The zero-order valence-electron chi connectivity index (χ0n) is 9.16. The predicted octanol–water partition coefficient (Wildman–Crippen LogP) is 0.509. The lowest BCUT2D eigenvalue weighted by Crippen LogP contribution is -2.29. The van der Waals surface area contributed by atoms with Crippen molar-refractivity contribution in [1.29, 1.82) is 0 Å². The fourth-order valence-electron chi connectivity index (χ4n) is 1.11. The highest BCUT2D eigenvalue weighted by atomic mass is 32.1. The van der Waals surface area contributed by atoms with Crippen LogP contribution in [0.4, 0.5) is 0 Å². The smallest absolute Gasteiger partial charge is 0.220 e. The number of carbonyl (C=O) groups is 2. The molecule has 5 heteroatoms.